The fourth-order valence-corrected chi connectivity index (χ4v) is 2.68. The minimum Gasteiger partial charge on any atom is -0.478 e. The second-order valence-electron chi connectivity index (χ2n) is 6.44. The van der Waals surface area contributed by atoms with Crippen LogP contribution in [0.15, 0.2) is 45.5 Å². The van der Waals surface area contributed by atoms with Gasteiger partial charge in [0.1, 0.15) is 0 Å². The van der Waals surface area contributed by atoms with Crippen LogP contribution in [0, 0.1) is 5.82 Å². The number of aromatic nitrogens is 4. The molecule has 138 valence electrons. The van der Waals surface area contributed by atoms with E-state index in [4.69, 9.17) is 13.7 Å². The predicted molar refractivity (Wildman–Crippen MR) is 94.6 cm³/mol. The number of benzene rings is 1. The molecule has 1 atom stereocenters. The summed E-state index contributed by atoms with van der Waals surface area (Å²) in [7, 11) is 0. The first-order chi connectivity index (χ1) is 13.0. The Morgan fingerprint density at radius 1 is 1.11 bits per heavy atom. The lowest BCUT2D eigenvalue weighted by molar-refractivity contribution is 0.182. The number of hydrogen-bond donors (Lipinski definition) is 0. The van der Waals surface area contributed by atoms with Crippen molar-refractivity contribution in [1.82, 2.24) is 20.3 Å². The van der Waals surface area contributed by atoms with Crippen LogP contribution in [0.1, 0.15) is 44.4 Å². The molecule has 0 amide bonds. The Balaban J connectivity index is 1.61. The van der Waals surface area contributed by atoms with Gasteiger partial charge in [-0.1, -0.05) is 31.1 Å². The van der Waals surface area contributed by atoms with E-state index in [-0.39, 0.29) is 17.6 Å². The van der Waals surface area contributed by atoms with Crippen molar-refractivity contribution >= 4 is 11.1 Å². The van der Waals surface area contributed by atoms with Crippen LogP contribution in [-0.2, 0) is 0 Å². The Morgan fingerprint density at radius 2 is 1.93 bits per heavy atom. The molecule has 4 aromatic rings. The molecule has 0 fully saturated rings. The Hall–Kier alpha value is -3.29. The Kier molecular flexibility index (Phi) is 4.31. The smallest absolute Gasteiger partial charge is 0.257 e. The number of hydrogen-bond acceptors (Lipinski definition) is 7. The fourth-order valence-electron chi connectivity index (χ4n) is 2.68. The highest BCUT2D eigenvalue weighted by Crippen LogP contribution is 2.29. The molecule has 0 aliphatic rings. The summed E-state index contributed by atoms with van der Waals surface area (Å²) in [6.07, 6.45) is 0.971. The number of nitrogens with zero attached hydrogens (tertiary/aromatic N) is 4. The van der Waals surface area contributed by atoms with Crippen LogP contribution in [0.5, 0.6) is 5.75 Å². The molecule has 0 aliphatic heterocycles. The number of rotatable bonds is 5. The van der Waals surface area contributed by atoms with E-state index >= 15 is 0 Å². The first kappa shape index (κ1) is 17.1. The van der Waals surface area contributed by atoms with E-state index in [2.05, 4.69) is 20.3 Å². The zero-order chi connectivity index (χ0) is 19.0. The third-order valence-electron chi connectivity index (χ3n) is 4.08. The minimum absolute atomic E-state index is 0.124. The molecule has 3 heterocycles. The van der Waals surface area contributed by atoms with Gasteiger partial charge in [0, 0.05) is 6.20 Å². The molecule has 7 nitrogen and oxygen atoms in total. The monoisotopic (exact) mass is 368 g/mol. The molecule has 0 spiro atoms. The van der Waals surface area contributed by atoms with E-state index in [1.54, 1.807) is 31.3 Å². The molecule has 0 saturated heterocycles. The molecule has 3 aromatic heterocycles. The summed E-state index contributed by atoms with van der Waals surface area (Å²) in [5.74, 6) is 0.393. The van der Waals surface area contributed by atoms with Crippen molar-refractivity contribution in [3.05, 3.63) is 53.9 Å². The van der Waals surface area contributed by atoms with Crippen LogP contribution in [0.2, 0.25) is 0 Å². The molecule has 8 heteroatoms. The molecule has 1 unspecified atom stereocenters. The highest BCUT2D eigenvalue weighted by molar-refractivity contribution is 5.80. The molecule has 0 bridgehead atoms. The summed E-state index contributed by atoms with van der Waals surface area (Å²) >= 11 is 0. The van der Waals surface area contributed by atoms with Gasteiger partial charge in [-0.3, -0.25) is 0 Å². The van der Waals surface area contributed by atoms with Crippen molar-refractivity contribution in [1.29, 1.82) is 0 Å². The Labute approximate surface area is 154 Å². The van der Waals surface area contributed by atoms with Crippen molar-refractivity contribution in [2.75, 3.05) is 0 Å². The number of para-hydroxylation sites is 1. The Bertz CT molecular complexity index is 1090. The van der Waals surface area contributed by atoms with Crippen LogP contribution in [0.25, 0.3) is 22.6 Å². The maximum Gasteiger partial charge on any atom is 0.257 e. The van der Waals surface area contributed by atoms with Gasteiger partial charge in [0.25, 0.3) is 11.6 Å². The molecular formula is C19H17FN4O3. The van der Waals surface area contributed by atoms with Gasteiger partial charge in [0.05, 0.1) is 16.6 Å². The van der Waals surface area contributed by atoms with Crippen LogP contribution in [0.3, 0.4) is 0 Å². The van der Waals surface area contributed by atoms with Crippen molar-refractivity contribution in [2.45, 2.75) is 32.8 Å². The normalized spacial score (nSPS) is 12.6. The first-order valence-corrected chi connectivity index (χ1v) is 8.53. The van der Waals surface area contributed by atoms with Crippen LogP contribution in [0.4, 0.5) is 4.39 Å². The van der Waals surface area contributed by atoms with Crippen LogP contribution >= 0.6 is 0 Å². The summed E-state index contributed by atoms with van der Waals surface area (Å²) in [5, 5.41) is 12.9. The minimum atomic E-state index is -0.610. The van der Waals surface area contributed by atoms with Gasteiger partial charge in [0.2, 0.25) is 5.89 Å². The summed E-state index contributed by atoms with van der Waals surface area (Å²) in [5.41, 5.74) is 1.92. The standard InChI is InChI=1S/C19H17FN4O3/c1-10(2)16-13-8-12(9-21-19(13)27-24-16)18-23-22-17(26-18)11(3)25-15-7-5-4-6-14(15)20/h4-11H,1-3H3. The Morgan fingerprint density at radius 3 is 2.70 bits per heavy atom. The summed E-state index contributed by atoms with van der Waals surface area (Å²) in [4.78, 5) is 4.26. The number of pyridine rings is 1. The second kappa shape index (κ2) is 6.79. The first-order valence-electron chi connectivity index (χ1n) is 8.53. The lowest BCUT2D eigenvalue weighted by atomic mass is 10.1. The number of halogens is 1. The van der Waals surface area contributed by atoms with Gasteiger partial charge in [-0.25, -0.2) is 9.37 Å². The third kappa shape index (κ3) is 3.25. The SMILES string of the molecule is CC(C)c1noc2ncc(-c3nnc(C(C)Oc4ccccc4F)o3)cc12. The molecule has 4 rings (SSSR count). The summed E-state index contributed by atoms with van der Waals surface area (Å²) in [6.45, 7) is 5.76. The van der Waals surface area contributed by atoms with Crippen LogP contribution in [-0.4, -0.2) is 20.3 Å². The quantitative estimate of drug-likeness (QED) is 0.505. The average Bonchev–Trinajstić information content (AvgIpc) is 3.30. The molecule has 0 N–H and O–H groups in total. The van der Waals surface area contributed by atoms with Crippen molar-refractivity contribution < 1.29 is 18.1 Å². The number of fused-ring (bicyclic) bond motifs is 1. The van der Waals surface area contributed by atoms with E-state index in [1.807, 2.05) is 19.9 Å². The maximum absolute atomic E-state index is 13.7. The van der Waals surface area contributed by atoms with E-state index in [1.165, 1.54) is 6.07 Å². The highest BCUT2D eigenvalue weighted by Gasteiger charge is 2.20. The summed E-state index contributed by atoms with van der Waals surface area (Å²) in [6, 6.07) is 8.01. The fraction of sp³-hybridized carbons (Fsp3) is 0.263. The van der Waals surface area contributed by atoms with Gasteiger partial charge >= 0.3 is 0 Å². The van der Waals surface area contributed by atoms with E-state index in [0.29, 0.717) is 17.2 Å². The lowest BCUT2D eigenvalue weighted by Crippen LogP contribution is -2.04. The van der Waals surface area contributed by atoms with Crippen molar-refractivity contribution in [3.63, 3.8) is 0 Å². The van der Waals surface area contributed by atoms with Gasteiger partial charge in [-0.2, -0.15) is 0 Å². The number of ether oxygens (including phenoxy) is 1. The van der Waals surface area contributed by atoms with E-state index in [0.717, 1.165) is 11.1 Å². The van der Waals surface area contributed by atoms with E-state index < -0.39 is 11.9 Å². The van der Waals surface area contributed by atoms with Gasteiger partial charge in [-0.05, 0) is 31.0 Å². The zero-order valence-corrected chi connectivity index (χ0v) is 15.0. The molecule has 0 radical (unpaired) electrons. The molecule has 0 aliphatic carbocycles. The average molecular weight is 368 g/mol. The van der Waals surface area contributed by atoms with Crippen LogP contribution < -0.4 is 4.74 Å². The summed E-state index contributed by atoms with van der Waals surface area (Å²) < 4.78 is 30.3. The molecule has 1 aromatic carbocycles. The van der Waals surface area contributed by atoms with E-state index in [9.17, 15) is 4.39 Å². The largest absolute Gasteiger partial charge is 0.478 e. The van der Waals surface area contributed by atoms with Gasteiger partial charge in [-0.15, -0.1) is 10.2 Å². The van der Waals surface area contributed by atoms with Gasteiger partial charge in [0.15, 0.2) is 17.7 Å². The molecular weight excluding hydrogens is 351 g/mol. The van der Waals surface area contributed by atoms with Crippen molar-refractivity contribution in [3.8, 4) is 17.2 Å². The zero-order valence-electron chi connectivity index (χ0n) is 15.0. The van der Waals surface area contributed by atoms with Crippen molar-refractivity contribution in [2.24, 2.45) is 0 Å². The lowest BCUT2D eigenvalue weighted by Gasteiger charge is -2.11. The maximum atomic E-state index is 13.7. The second-order valence-corrected chi connectivity index (χ2v) is 6.44. The topological polar surface area (TPSA) is 87.1 Å². The highest BCUT2D eigenvalue weighted by atomic mass is 19.1. The molecule has 27 heavy (non-hydrogen) atoms. The molecule has 0 saturated carbocycles. The van der Waals surface area contributed by atoms with Gasteiger partial charge < -0.3 is 13.7 Å². The third-order valence-corrected chi connectivity index (χ3v) is 4.08. The predicted octanol–water partition coefficient (Wildman–Crippen LogP) is 4.68.